The van der Waals surface area contributed by atoms with Crippen LogP contribution in [0.3, 0.4) is 0 Å². The minimum absolute atomic E-state index is 0.0997. The van der Waals surface area contributed by atoms with Gasteiger partial charge < -0.3 is 9.80 Å². The number of carbonyl (C=O) groups is 1. The molecule has 1 saturated heterocycles. The van der Waals surface area contributed by atoms with Crippen molar-refractivity contribution in [1.29, 1.82) is 0 Å². The van der Waals surface area contributed by atoms with Crippen molar-refractivity contribution in [2.24, 2.45) is 0 Å². The van der Waals surface area contributed by atoms with Gasteiger partial charge in [-0.25, -0.2) is 4.68 Å². The zero-order valence-corrected chi connectivity index (χ0v) is 19.1. The molecule has 158 valence electrons. The third-order valence-corrected chi connectivity index (χ3v) is 7.17. The fraction of sp³-hybridized carbons (Fsp3) is 0.250. The Labute approximate surface area is 190 Å². The summed E-state index contributed by atoms with van der Waals surface area (Å²) >= 11 is 7.66. The molecule has 0 atom stereocenters. The highest BCUT2D eigenvalue weighted by Crippen LogP contribution is 2.32. The van der Waals surface area contributed by atoms with Gasteiger partial charge in [0.25, 0.3) is 5.91 Å². The van der Waals surface area contributed by atoms with Crippen LogP contribution in [0.15, 0.2) is 54.6 Å². The highest BCUT2D eigenvalue weighted by molar-refractivity contribution is 7.20. The largest absolute Gasteiger partial charge is 0.368 e. The lowest BCUT2D eigenvalue weighted by atomic mass is 10.2. The minimum Gasteiger partial charge on any atom is -0.368 e. The molecular formula is C24H23ClN4OS. The van der Waals surface area contributed by atoms with Crippen LogP contribution in [0.1, 0.15) is 20.9 Å². The van der Waals surface area contributed by atoms with Gasteiger partial charge >= 0.3 is 0 Å². The number of fused-ring (bicyclic) bond motifs is 1. The van der Waals surface area contributed by atoms with Gasteiger partial charge in [-0.05, 0) is 49.7 Å². The van der Waals surface area contributed by atoms with Crippen molar-refractivity contribution in [2.45, 2.75) is 13.8 Å². The number of thiophene rings is 1. The number of rotatable bonds is 3. The van der Waals surface area contributed by atoms with E-state index in [0.29, 0.717) is 13.1 Å². The summed E-state index contributed by atoms with van der Waals surface area (Å²) < 4.78 is 1.97. The van der Waals surface area contributed by atoms with Crippen LogP contribution in [0, 0.1) is 13.8 Å². The molecule has 5 rings (SSSR count). The van der Waals surface area contributed by atoms with Crippen molar-refractivity contribution in [2.75, 3.05) is 31.1 Å². The van der Waals surface area contributed by atoms with Gasteiger partial charge in [-0.15, -0.1) is 11.3 Å². The molecule has 2 aromatic heterocycles. The van der Waals surface area contributed by atoms with Gasteiger partial charge in [0.1, 0.15) is 4.83 Å². The van der Waals surface area contributed by atoms with E-state index < -0.39 is 0 Å². The molecule has 0 saturated carbocycles. The average molecular weight is 451 g/mol. The van der Waals surface area contributed by atoms with E-state index in [1.165, 1.54) is 11.3 Å². The number of hydrogen-bond donors (Lipinski definition) is 0. The van der Waals surface area contributed by atoms with E-state index in [1.54, 1.807) is 0 Å². The first kappa shape index (κ1) is 20.1. The van der Waals surface area contributed by atoms with Crippen molar-refractivity contribution in [1.82, 2.24) is 14.7 Å². The second-order valence-corrected chi connectivity index (χ2v) is 9.34. The number of para-hydroxylation sites is 1. The van der Waals surface area contributed by atoms with Crippen molar-refractivity contribution in [3.05, 3.63) is 75.8 Å². The summed E-state index contributed by atoms with van der Waals surface area (Å²) in [7, 11) is 0. The van der Waals surface area contributed by atoms with E-state index >= 15 is 0 Å². The number of aryl methyl sites for hydroxylation is 2. The first-order chi connectivity index (χ1) is 15.0. The Bertz CT molecular complexity index is 1270. The predicted molar refractivity (Wildman–Crippen MR) is 128 cm³/mol. The van der Waals surface area contributed by atoms with Crippen LogP contribution in [-0.4, -0.2) is 46.8 Å². The van der Waals surface area contributed by atoms with Gasteiger partial charge in [0.2, 0.25) is 0 Å². The fourth-order valence-electron chi connectivity index (χ4n) is 4.11. The molecule has 31 heavy (non-hydrogen) atoms. The van der Waals surface area contributed by atoms with Crippen LogP contribution in [0.5, 0.6) is 0 Å². The first-order valence-corrected chi connectivity index (χ1v) is 11.6. The van der Waals surface area contributed by atoms with Gasteiger partial charge in [0.15, 0.2) is 0 Å². The third kappa shape index (κ3) is 3.70. The van der Waals surface area contributed by atoms with Crippen LogP contribution >= 0.6 is 22.9 Å². The van der Waals surface area contributed by atoms with E-state index in [1.807, 2.05) is 52.9 Å². The molecule has 0 N–H and O–H groups in total. The average Bonchev–Trinajstić information content (AvgIpc) is 3.34. The summed E-state index contributed by atoms with van der Waals surface area (Å²) in [5.74, 6) is 0.0997. The first-order valence-electron chi connectivity index (χ1n) is 10.4. The normalized spacial score (nSPS) is 14.4. The van der Waals surface area contributed by atoms with Crippen LogP contribution in [-0.2, 0) is 0 Å². The van der Waals surface area contributed by atoms with Crippen LogP contribution < -0.4 is 4.90 Å². The van der Waals surface area contributed by atoms with Crippen molar-refractivity contribution >= 4 is 44.7 Å². The number of piperazine rings is 1. The summed E-state index contributed by atoms with van der Waals surface area (Å²) in [5, 5.41) is 6.51. The zero-order chi connectivity index (χ0) is 21.5. The topological polar surface area (TPSA) is 41.4 Å². The second kappa shape index (κ2) is 8.02. The Kier molecular flexibility index (Phi) is 5.20. The molecule has 0 spiro atoms. The van der Waals surface area contributed by atoms with Crippen LogP contribution in [0.25, 0.3) is 15.9 Å². The summed E-state index contributed by atoms with van der Waals surface area (Å²) in [5.41, 5.74) is 4.26. The van der Waals surface area contributed by atoms with Gasteiger partial charge in [-0.3, -0.25) is 4.79 Å². The lowest BCUT2D eigenvalue weighted by Crippen LogP contribution is -2.48. The van der Waals surface area contributed by atoms with Crippen molar-refractivity contribution < 1.29 is 4.79 Å². The quantitative estimate of drug-likeness (QED) is 0.424. The van der Waals surface area contributed by atoms with E-state index in [9.17, 15) is 4.79 Å². The SMILES string of the molecule is Cc1ccccc1-n1nc(C)c2cc(C(=O)N3CCN(c4cccc(Cl)c4)CC3)sc21. The number of anilines is 1. The monoisotopic (exact) mass is 450 g/mol. The minimum atomic E-state index is 0.0997. The number of benzene rings is 2. The van der Waals surface area contributed by atoms with E-state index in [2.05, 4.69) is 30.0 Å². The predicted octanol–water partition coefficient (Wildman–Crippen LogP) is 5.32. The molecule has 0 bridgehead atoms. The Morgan fingerprint density at radius 1 is 1.00 bits per heavy atom. The molecule has 2 aromatic carbocycles. The Hall–Kier alpha value is -2.83. The van der Waals surface area contributed by atoms with E-state index in [4.69, 9.17) is 16.7 Å². The highest BCUT2D eigenvalue weighted by Gasteiger charge is 2.25. The Morgan fingerprint density at radius 3 is 2.52 bits per heavy atom. The van der Waals surface area contributed by atoms with Crippen LogP contribution in [0.4, 0.5) is 5.69 Å². The molecule has 4 aromatic rings. The van der Waals surface area contributed by atoms with Gasteiger partial charge in [-0.1, -0.05) is 35.9 Å². The smallest absolute Gasteiger partial charge is 0.264 e. The molecular weight excluding hydrogens is 428 g/mol. The summed E-state index contributed by atoms with van der Waals surface area (Å²) in [6, 6.07) is 18.1. The number of nitrogens with zero attached hydrogens (tertiary/aromatic N) is 4. The molecule has 7 heteroatoms. The molecule has 1 aliphatic heterocycles. The summed E-state index contributed by atoms with van der Waals surface area (Å²) in [6.07, 6.45) is 0. The molecule has 1 aliphatic rings. The van der Waals surface area contributed by atoms with E-state index in [-0.39, 0.29) is 5.91 Å². The lowest BCUT2D eigenvalue weighted by Gasteiger charge is -2.36. The molecule has 1 fully saturated rings. The number of carbonyl (C=O) groups excluding carboxylic acids is 1. The molecule has 0 aliphatic carbocycles. The van der Waals surface area contributed by atoms with Crippen molar-refractivity contribution in [3.8, 4) is 5.69 Å². The molecule has 0 radical (unpaired) electrons. The molecule has 0 unspecified atom stereocenters. The molecule has 3 heterocycles. The number of halogens is 1. The van der Waals surface area contributed by atoms with Gasteiger partial charge in [0.05, 0.1) is 16.3 Å². The van der Waals surface area contributed by atoms with E-state index in [0.717, 1.165) is 55.8 Å². The maximum absolute atomic E-state index is 13.3. The fourth-order valence-corrected chi connectivity index (χ4v) is 5.44. The van der Waals surface area contributed by atoms with Gasteiger partial charge in [0, 0.05) is 42.3 Å². The summed E-state index contributed by atoms with van der Waals surface area (Å²) in [6.45, 7) is 7.07. The third-order valence-electron chi connectivity index (χ3n) is 5.84. The zero-order valence-electron chi connectivity index (χ0n) is 17.5. The van der Waals surface area contributed by atoms with Crippen LogP contribution in [0.2, 0.25) is 5.02 Å². The highest BCUT2D eigenvalue weighted by atomic mass is 35.5. The summed E-state index contributed by atoms with van der Waals surface area (Å²) in [4.78, 5) is 19.3. The standard InChI is InChI=1S/C24H23ClN4OS/c1-16-6-3-4-9-21(16)29-24-20(17(2)26-29)15-22(31-24)23(30)28-12-10-27(11-13-28)19-8-5-7-18(25)14-19/h3-9,14-15H,10-13H2,1-2H3. The number of aromatic nitrogens is 2. The number of amides is 1. The Balaban J connectivity index is 1.37. The number of hydrogen-bond acceptors (Lipinski definition) is 4. The maximum atomic E-state index is 13.3. The maximum Gasteiger partial charge on any atom is 0.264 e. The lowest BCUT2D eigenvalue weighted by molar-refractivity contribution is 0.0751. The van der Waals surface area contributed by atoms with Crippen molar-refractivity contribution in [3.63, 3.8) is 0 Å². The van der Waals surface area contributed by atoms with Gasteiger partial charge in [-0.2, -0.15) is 5.10 Å². The molecule has 1 amide bonds. The Morgan fingerprint density at radius 2 is 1.77 bits per heavy atom. The molecule has 5 nitrogen and oxygen atoms in total. The second-order valence-electron chi connectivity index (χ2n) is 7.87.